The number of halogens is 3. The van der Waals surface area contributed by atoms with Gasteiger partial charge >= 0.3 is 19.4 Å². The lowest BCUT2D eigenvalue weighted by molar-refractivity contribution is -0.137. The Labute approximate surface area is 188 Å². The Morgan fingerprint density at radius 3 is 2.03 bits per heavy atom. The number of ether oxygens (including phenoxy) is 1. The van der Waals surface area contributed by atoms with Crippen LogP contribution in [0.3, 0.4) is 0 Å². The minimum atomic E-state index is -4.48. The van der Waals surface area contributed by atoms with Gasteiger partial charge in [-0.05, 0) is 84.3 Å². The summed E-state index contributed by atoms with van der Waals surface area (Å²) in [6, 6.07) is 4.08. The standard InChI is InChI=1S/C23H33BF3NO4/c1-20(2,3)30-19(29)28-10-8-15(9-11-28)16-12-17(23(25,26)27)14-18(13-16)24-31-21(4,5)22(6,7)32-24/h12-15H,8-11H2,1-7H3. The summed E-state index contributed by atoms with van der Waals surface area (Å²) >= 11 is 0. The van der Waals surface area contributed by atoms with Crippen molar-refractivity contribution in [3.8, 4) is 0 Å². The zero-order valence-corrected chi connectivity index (χ0v) is 19.9. The van der Waals surface area contributed by atoms with Gasteiger partial charge in [-0.15, -0.1) is 0 Å². The van der Waals surface area contributed by atoms with E-state index in [4.69, 9.17) is 14.0 Å². The van der Waals surface area contributed by atoms with E-state index in [0.717, 1.165) is 6.07 Å². The molecule has 0 saturated carbocycles. The maximum Gasteiger partial charge on any atom is 0.494 e. The highest BCUT2D eigenvalue weighted by atomic mass is 19.4. The molecule has 3 rings (SSSR count). The largest absolute Gasteiger partial charge is 0.494 e. The van der Waals surface area contributed by atoms with Crippen molar-refractivity contribution in [1.82, 2.24) is 4.90 Å². The van der Waals surface area contributed by atoms with Gasteiger partial charge in [0.2, 0.25) is 0 Å². The van der Waals surface area contributed by atoms with E-state index in [0.29, 0.717) is 37.0 Å². The van der Waals surface area contributed by atoms with Crippen LogP contribution in [0.5, 0.6) is 0 Å². The molecule has 9 heteroatoms. The van der Waals surface area contributed by atoms with Gasteiger partial charge in [0.25, 0.3) is 0 Å². The number of piperidine rings is 1. The van der Waals surface area contributed by atoms with Gasteiger partial charge in [-0.2, -0.15) is 13.2 Å². The number of rotatable bonds is 2. The fourth-order valence-electron chi connectivity index (χ4n) is 3.91. The van der Waals surface area contributed by atoms with Crippen LogP contribution in [0.25, 0.3) is 0 Å². The molecule has 0 unspecified atom stereocenters. The van der Waals surface area contributed by atoms with Crippen LogP contribution in [0.2, 0.25) is 0 Å². The maximum atomic E-state index is 13.7. The van der Waals surface area contributed by atoms with Crippen molar-refractivity contribution in [2.45, 2.75) is 90.2 Å². The van der Waals surface area contributed by atoms with Gasteiger partial charge in [0, 0.05) is 13.1 Å². The summed E-state index contributed by atoms with van der Waals surface area (Å²) in [5.41, 5.74) is -1.65. The van der Waals surface area contributed by atoms with E-state index in [1.54, 1.807) is 31.7 Å². The molecule has 5 nitrogen and oxygen atoms in total. The zero-order chi connectivity index (χ0) is 24.1. The third kappa shape index (κ3) is 5.42. The van der Waals surface area contributed by atoms with E-state index in [1.165, 1.54) is 6.07 Å². The molecule has 2 aliphatic heterocycles. The normalized spacial score (nSPS) is 21.7. The van der Waals surface area contributed by atoms with Gasteiger partial charge in [0.1, 0.15) is 5.60 Å². The molecule has 1 amide bonds. The Morgan fingerprint density at radius 1 is 1.03 bits per heavy atom. The Morgan fingerprint density at radius 2 is 1.56 bits per heavy atom. The van der Waals surface area contributed by atoms with E-state index < -0.39 is 41.8 Å². The quantitative estimate of drug-likeness (QED) is 0.581. The second-order valence-electron chi connectivity index (χ2n) is 10.7. The van der Waals surface area contributed by atoms with E-state index in [-0.39, 0.29) is 5.92 Å². The molecule has 2 saturated heterocycles. The first-order chi connectivity index (χ1) is 14.5. The molecule has 1 aromatic carbocycles. The van der Waals surface area contributed by atoms with Crippen LogP contribution in [0.1, 0.15) is 78.4 Å². The minimum Gasteiger partial charge on any atom is -0.444 e. The molecule has 2 heterocycles. The van der Waals surface area contributed by atoms with Gasteiger partial charge in [0.05, 0.1) is 16.8 Å². The molecular weight excluding hydrogens is 422 g/mol. The fraction of sp³-hybridized carbons (Fsp3) is 0.696. The van der Waals surface area contributed by atoms with Crippen LogP contribution in [0, 0.1) is 0 Å². The molecule has 2 aliphatic rings. The number of hydrogen-bond acceptors (Lipinski definition) is 4. The number of nitrogens with zero attached hydrogens (tertiary/aromatic N) is 1. The molecule has 0 aromatic heterocycles. The van der Waals surface area contributed by atoms with Gasteiger partial charge < -0.3 is 18.9 Å². The lowest BCUT2D eigenvalue weighted by Gasteiger charge is -2.34. The summed E-state index contributed by atoms with van der Waals surface area (Å²) in [4.78, 5) is 13.9. The summed E-state index contributed by atoms with van der Waals surface area (Å²) < 4.78 is 58.4. The van der Waals surface area contributed by atoms with Crippen molar-refractivity contribution >= 4 is 18.7 Å². The molecule has 0 spiro atoms. The average molecular weight is 455 g/mol. The molecule has 178 valence electrons. The van der Waals surface area contributed by atoms with Crippen LogP contribution in [-0.4, -0.2) is 48.0 Å². The lowest BCUT2D eigenvalue weighted by atomic mass is 9.75. The summed E-state index contributed by atoms with van der Waals surface area (Å²) in [6.45, 7) is 13.7. The van der Waals surface area contributed by atoms with E-state index in [1.807, 2.05) is 27.7 Å². The third-order valence-electron chi connectivity index (χ3n) is 6.45. The highest BCUT2D eigenvalue weighted by molar-refractivity contribution is 6.62. The van der Waals surface area contributed by atoms with Crippen molar-refractivity contribution in [2.75, 3.05) is 13.1 Å². The first-order valence-electron chi connectivity index (χ1n) is 11.0. The minimum absolute atomic E-state index is 0.0999. The molecule has 1 aromatic rings. The SMILES string of the molecule is CC(C)(C)OC(=O)N1CCC(c2cc(B3OC(C)(C)C(C)(C)O3)cc(C(F)(F)F)c2)CC1. The van der Waals surface area contributed by atoms with Gasteiger partial charge in [0.15, 0.2) is 0 Å². The highest BCUT2D eigenvalue weighted by Crippen LogP contribution is 2.38. The summed E-state index contributed by atoms with van der Waals surface area (Å²) in [6.07, 6.45) is -3.75. The van der Waals surface area contributed by atoms with Crippen molar-refractivity contribution in [3.05, 3.63) is 29.3 Å². The van der Waals surface area contributed by atoms with Crippen molar-refractivity contribution in [3.63, 3.8) is 0 Å². The Hall–Kier alpha value is -1.74. The first kappa shape index (κ1) is 24.9. The highest BCUT2D eigenvalue weighted by Gasteiger charge is 2.52. The number of alkyl halides is 3. The fourth-order valence-corrected chi connectivity index (χ4v) is 3.91. The smallest absolute Gasteiger partial charge is 0.444 e. The van der Waals surface area contributed by atoms with Crippen molar-refractivity contribution < 1.29 is 32.0 Å². The molecular formula is C23H33BF3NO4. The Bertz CT molecular complexity index is 840. The van der Waals surface area contributed by atoms with Gasteiger partial charge in [-0.3, -0.25) is 0 Å². The summed E-state index contributed by atoms with van der Waals surface area (Å²) in [5, 5.41) is 0. The molecule has 0 radical (unpaired) electrons. The van der Waals surface area contributed by atoms with Crippen LogP contribution in [0.4, 0.5) is 18.0 Å². The van der Waals surface area contributed by atoms with Crippen LogP contribution < -0.4 is 5.46 Å². The number of hydrogen-bond donors (Lipinski definition) is 0. The van der Waals surface area contributed by atoms with Gasteiger partial charge in [-0.25, -0.2) is 4.79 Å². The predicted octanol–water partition coefficient (Wildman–Crippen LogP) is 5.12. The van der Waals surface area contributed by atoms with Crippen LogP contribution >= 0.6 is 0 Å². The van der Waals surface area contributed by atoms with Crippen molar-refractivity contribution in [1.29, 1.82) is 0 Å². The Balaban J connectivity index is 1.82. The third-order valence-corrected chi connectivity index (χ3v) is 6.45. The van der Waals surface area contributed by atoms with E-state index in [9.17, 15) is 18.0 Å². The first-order valence-corrected chi connectivity index (χ1v) is 11.0. The molecule has 0 atom stereocenters. The van der Waals surface area contributed by atoms with Gasteiger partial charge in [-0.1, -0.05) is 12.1 Å². The maximum absolute atomic E-state index is 13.7. The lowest BCUT2D eigenvalue weighted by Crippen LogP contribution is -2.41. The van der Waals surface area contributed by atoms with Crippen LogP contribution in [0.15, 0.2) is 18.2 Å². The van der Waals surface area contributed by atoms with E-state index >= 15 is 0 Å². The number of likely N-dealkylation sites (tertiary alicyclic amines) is 1. The van der Waals surface area contributed by atoms with Crippen LogP contribution in [-0.2, 0) is 20.2 Å². The molecule has 0 bridgehead atoms. The second kappa shape index (κ2) is 8.24. The number of amides is 1. The summed E-state index contributed by atoms with van der Waals surface area (Å²) in [5.74, 6) is -0.0999. The summed E-state index contributed by atoms with van der Waals surface area (Å²) in [7, 11) is -0.872. The zero-order valence-electron chi connectivity index (χ0n) is 19.9. The monoisotopic (exact) mass is 455 g/mol. The molecule has 2 fully saturated rings. The van der Waals surface area contributed by atoms with E-state index in [2.05, 4.69) is 0 Å². The molecule has 0 N–H and O–H groups in total. The van der Waals surface area contributed by atoms with Crippen molar-refractivity contribution in [2.24, 2.45) is 0 Å². The Kier molecular flexibility index (Phi) is 6.41. The molecule has 32 heavy (non-hydrogen) atoms. The number of carbonyl (C=O) groups excluding carboxylic acids is 1. The average Bonchev–Trinajstić information content (AvgIpc) is 2.87. The second-order valence-corrected chi connectivity index (χ2v) is 10.7. The number of carbonyl (C=O) groups is 1. The molecule has 0 aliphatic carbocycles. The number of benzene rings is 1. The topological polar surface area (TPSA) is 48.0 Å². The predicted molar refractivity (Wildman–Crippen MR) is 117 cm³/mol.